The van der Waals surface area contributed by atoms with Gasteiger partial charge in [0.15, 0.2) is 23.6 Å². The van der Waals surface area contributed by atoms with Crippen molar-refractivity contribution in [3.8, 4) is 0 Å². The highest BCUT2D eigenvalue weighted by Crippen LogP contribution is 2.65. The van der Waals surface area contributed by atoms with Crippen molar-refractivity contribution in [3.05, 3.63) is 154 Å². The van der Waals surface area contributed by atoms with Crippen LogP contribution in [-0.2, 0) is 58.8 Å². The number of carbonyl (C=O) groups excluding carboxylic acids is 8. The van der Waals surface area contributed by atoms with Crippen molar-refractivity contribution in [3.63, 3.8) is 0 Å². The number of aliphatic hydroxyl groups excluding tert-OH is 1. The molecule has 80 heavy (non-hydrogen) atoms. The molecule has 0 aromatic heterocycles. The molecule has 2 saturated carbocycles. The van der Waals surface area contributed by atoms with Crippen molar-refractivity contribution >= 4 is 53.4 Å². The summed E-state index contributed by atoms with van der Waals surface area (Å²) in [5.41, 5.74) is -7.27. The first kappa shape index (κ1) is 58.1. The molecule has 0 spiro atoms. The van der Waals surface area contributed by atoms with E-state index in [0.717, 1.165) is 13.8 Å². The van der Waals surface area contributed by atoms with Gasteiger partial charge in [0.2, 0.25) is 0 Å². The highest BCUT2D eigenvalue weighted by atomic mass is 16.6. The molecule has 4 aliphatic rings. The maximum atomic E-state index is 16.3. The monoisotopic (exact) mass is 1100 g/mol. The van der Waals surface area contributed by atoms with Crippen molar-refractivity contribution in [2.75, 3.05) is 13.2 Å². The zero-order chi connectivity index (χ0) is 57.9. The number of rotatable bonds is 18. The number of alkyl carbamates (subject to hydrolysis) is 1. The highest BCUT2D eigenvalue weighted by Gasteiger charge is 2.79. The Kier molecular flexibility index (Phi) is 16.9. The number of ether oxygens (including phenoxy) is 6. The van der Waals surface area contributed by atoms with Crippen molar-refractivity contribution in [2.45, 2.75) is 128 Å². The normalized spacial score (nSPS) is 27.1. The minimum atomic E-state index is -2.53. The van der Waals surface area contributed by atoms with Crippen LogP contribution >= 0.6 is 0 Å². The van der Waals surface area contributed by atoms with E-state index in [1.165, 1.54) is 64.1 Å². The molecule has 4 aromatic carbocycles. The Morgan fingerprint density at radius 2 is 1.38 bits per heavy atom. The van der Waals surface area contributed by atoms with Gasteiger partial charge in [0, 0.05) is 57.1 Å². The van der Waals surface area contributed by atoms with Gasteiger partial charge in [-0.2, -0.15) is 0 Å². The van der Waals surface area contributed by atoms with E-state index in [1.807, 2.05) is 0 Å². The summed E-state index contributed by atoms with van der Waals surface area (Å²) in [4.78, 5) is 124. The Labute approximate surface area is 461 Å². The molecule has 11 atom stereocenters. The standard InChI is InChI=1S/C60H64N2O18/c1-33-42(77-55(72)47(66)46(37-17-10-7-11-18-37)62-52(68)38-19-12-8-13-20-38)31-60(74)51(79-54(71)40-21-14-9-15-22-40)49-58(6,50(67)48(76-34(2)63)45(33)57(60,4)5)43(30-44-59(49,32-75-44)80-35(3)64)78-56(73)61-28-16-23-41(65)29-36-24-26-39(27-25-36)53(69)70/h7-15,17-22,24-27,42-44,46-49,51,66,74H,16,23,28-32H2,1-6H3,(H,61,73)(H,62,68)(H,69,70)/t42-,43?,44+,46-,47+,48+,49-,51-,58+,59-,60+/m0/s1. The molecule has 1 aliphatic heterocycles. The maximum absolute atomic E-state index is 16.3. The SMILES string of the molecule is CC(=O)O[C@H]1C(=O)[C@]2(C)C(OC(=O)NCCCC(=O)Cc3ccc(C(=O)O)cc3)C[C@H]3OC[C@@]3(OC(C)=O)[C@H]2[C@H](OC(=O)c2ccccc2)[C@]2(O)C[C@H](OC(=O)[C@H](O)[C@@H](NC(=O)c3ccccc3)c3ccccc3)C(C)=C1C2(C)C. The minimum Gasteiger partial charge on any atom is -0.478 e. The fourth-order valence-electron chi connectivity index (χ4n) is 12.1. The van der Waals surface area contributed by atoms with Crippen LogP contribution in [0.15, 0.2) is 126 Å². The number of fused-ring (bicyclic) bond motifs is 5. The fourth-order valence-corrected chi connectivity index (χ4v) is 12.1. The van der Waals surface area contributed by atoms with Crippen LogP contribution in [0.1, 0.15) is 115 Å². The van der Waals surface area contributed by atoms with Crippen LogP contribution in [0.5, 0.6) is 0 Å². The summed E-state index contributed by atoms with van der Waals surface area (Å²) in [6, 6.07) is 28.4. The Hall–Kier alpha value is -8.07. The van der Waals surface area contributed by atoms with E-state index in [-0.39, 0.29) is 65.8 Å². The third-order valence-corrected chi connectivity index (χ3v) is 16.2. The lowest BCUT2D eigenvalue weighted by molar-refractivity contribution is -0.345. The first-order valence-electron chi connectivity index (χ1n) is 26.2. The average Bonchev–Trinajstić information content (AvgIpc) is 3.52. The highest BCUT2D eigenvalue weighted by molar-refractivity contribution is 5.97. The summed E-state index contributed by atoms with van der Waals surface area (Å²) in [5, 5.41) is 40.6. The number of hydrogen-bond acceptors (Lipinski definition) is 17. The molecule has 2 bridgehead atoms. The van der Waals surface area contributed by atoms with Gasteiger partial charge >= 0.3 is 35.9 Å². The first-order chi connectivity index (χ1) is 37.9. The fraction of sp³-hybridized carbons (Fsp3) is 0.417. The van der Waals surface area contributed by atoms with E-state index >= 15 is 4.79 Å². The number of carboxylic acids is 1. The number of aliphatic hydroxyl groups is 2. The number of amides is 2. The molecule has 5 N–H and O–H groups in total. The Balaban J connectivity index is 1.19. The van der Waals surface area contributed by atoms with Crippen LogP contribution in [0.25, 0.3) is 0 Å². The van der Waals surface area contributed by atoms with Gasteiger partial charge < -0.3 is 54.4 Å². The third kappa shape index (κ3) is 11.2. The molecule has 2 amide bonds. The van der Waals surface area contributed by atoms with Crippen LogP contribution < -0.4 is 10.6 Å². The molecule has 1 heterocycles. The van der Waals surface area contributed by atoms with E-state index in [9.17, 15) is 53.7 Å². The molecular formula is C60H64N2O18. The van der Waals surface area contributed by atoms with Gasteiger partial charge in [-0.15, -0.1) is 0 Å². The Morgan fingerprint density at radius 1 is 0.762 bits per heavy atom. The summed E-state index contributed by atoms with van der Waals surface area (Å²) in [6.07, 6.45) is -12.2. The quantitative estimate of drug-likeness (QED) is 0.0342. The number of hydrogen-bond donors (Lipinski definition) is 5. The molecule has 0 radical (unpaired) electrons. The number of carbonyl (C=O) groups is 9. The zero-order valence-corrected chi connectivity index (χ0v) is 45.0. The van der Waals surface area contributed by atoms with Crippen LogP contribution in [0.2, 0.25) is 0 Å². The van der Waals surface area contributed by atoms with E-state index in [1.54, 1.807) is 78.9 Å². The number of Topliss-reactive ketones (excluding diaryl/α,β-unsaturated/α-hetero) is 2. The van der Waals surface area contributed by atoms with Gasteiger partial charge in [0.25, 0.3) is 5.91 Å². The molecular weight excluding hydrogens is 1040 g/mol. The largest absolute Gasteiger partial charge is 0.478 e. The van der Waals surface area contributed by atoms with Gasteiger partial charge in [-0.3, -0.25) is 24.0 Å². The molecule has 3 fully saturated rings. The van der Waals surface area contributed by atoms with Crippen LogP contribution in [-0.4, -0.2) is 130 Å². The molecule has 20 nitrogen and oxygen atoms in total. The third-order valence-electron chi connectivity index (χ3n) is 16.2. The van der Waals surface area contributed by atoms with E-state index < -0.39 is 131 Å². The van der Waals surface area contributed by atoms with E-state index in [4.69, 9.17) is 28.4 Å². The second-order valence-electron chi connectivity index (χ2n) is 21.5. The molecule has 20 heteroatoms. The van der Waals surface area contributed by atoms with Gasteiger partial charge in [0.05, 0.1) is 35.1 Å². The molecule has 8 rings (SSSR count). The van der Waals surface area contributed by atoms with Gasteiger partial charge in [0.1, 0.15) is 35.8 Å². The second-order valence-corrected chi connectivity index (χ2v) is 21.5. The summed E-state index contributed by atoms with van der Waals surface area (Å²) >= 11 is 0. The van der Waals surface area contributed by atoms with Crippen molar-refractivity contribution in [1.82, 2.24) is 10.6 Å². The number of nitrogens with one attached hydrogen (secondary N) is 2. The second kappa shape index (κ2) is 23.3. The van der Waals surface area contributed by atoms with E-state index in [0.29, 0.717) is 11.1 Å². The lowest BCUT2D eigenvalue weighted by Gasteiger charge is -2.67. The number of ketones is 2. The van der Waals surface area contributed by atoms with Crippen molar-refractivity contribution < 1.29 is 86.9 Å². The zero-order valence-electron chi connectivity index (χ0n) is 45.0. The topological polar surface area (TPSA) is 294 Å². The molecule has 1 unspecified atom stereocenters. The van der Waals surface area contributed by atoms with Gasteiger partial charge in [-0.1, -0.05) is 92.7 Å². The maximum Gasteiger partial charge on any atom is 0.407 e. The molecule has 4 aromatic rings. The van der Waals surface area contributed by atoms with E-state index in [2.05, 4.69) is 10.6 Å². The lowest BCUT2D eigenvalue weighted by atomic mass is 9.44. The first-order valence-corrected chi connectivity index (χ1v) is 26.2. The summed E-state index contributed by atoms with van der Waals surface area (Å²) in [5.74, 6) is -8.72. The van der Waals surface area contributed by atoms with Crippen LogP contribution in [0.4, 0.5) is 4.79 Å². The Morgan fingerprint density at radius 3 is 1.95 bits per heavy atom. The van der Waals surface area contributed by atoms with Gasteiger partial charge in [-0.05, 0) is 78.9 Å². The average molecular weight is 1100 g/mol. The van der Waals surface area contributed by atoms with Crippen LogP contribution in [0, 0.1) is 16.7 Å². The predicted molar refractivity (Wildman–Crippen MR) is 281 cm³/mol. The number of carboxylic acid groups (broad SMARTS) is 1. The number of esters is 4. The smallest absolute Gasteiger partial charge is 0.407 e. The number of aromatic carboxylic acids is 1. The predicted octanol–water partition coefficient (Wildman–Crippen LogP) is 5.76. The minimum absolute atomic E-state index is 0.000603. The molecule has 3 aliphatic carbocycles. The summed E-state index contributed by atoms with van der Waals surface area (Å²) in [7, 11) is 0. The summed E-state index contributed by atoms with van der Waals surface area (Å²) in [6.45, 7) is 7.57. The van der Waals surface area contributed by atoms with Crippen LogP contribution in [0.3, 0.4) is 0 Å². The molecule has 422 valence electrons. The number of benzene rings is 4. The van der Waals surface area contributed by atoms with Gasteiger partial charge in [-0.25, -0.2) is 19.2 Å². The van der Waals surface area contributed by atoms with Crippen molar-refractivity contribution in [1.29, 1.82) is 0 Å². The van der Waals surface area contributed by atoms with Crippen molar-refractivity contribution in [2.24, 2.45) is 16.7 Å². The summed E-state index contributed by atoms with van der Waals surface area (Å²) < 4.78 is 37.2. The lowest BCUT2D eigenvalue weighted by Crippen LogP contribution is -2.82. The Bertz CT molecular complexity index is 3070. The molecule has 1 saturated heterocycles.